The van der Waals surface area contributed by atoms with Gasteiger partial charge in [-0.25, -0.2) is 21.6 Å². The van der Waals surface area contributed by atoms with E-state index in [9.17, 15) is 0 Å². The van der Waals surface area contributed by atoms with Crippen molar-refractivity contribution < 1.29 is 21.8 Å². The summed E-state index contributed by atoms with van der Waals surface area (Å²) in [5.41, 5.74) is 5.11. The summed E-state index contributed by atoms with van der Waals surface area (Å²) < 4.78 is 7.09. The van der Waals surface area contributed by atoms with E-state index in [0.29, 0.717) is 0 Å². The molecule has 3 aromatic carbocycles. The predicted molar refractivity (Wildman–Crippen MR) is 108 cm³/mol. The van der Waals surface area contributed by atoms with Crippen molar-refractivity contribution in [3.8, 4) is 28.1 Å². The summed E-state index contributed by atoms with van der Waals surface area (Å²) in [7, 11) is 1.66. The first-order valence-corrected chi connectivity index (χ1v) is 8.73. The zero-order valence-corrected chi connectivity index (χ0v) is 16.4. The van der Waals surface area contributed by atoms with E-state index >= 15 is 0 Å². The third kappa shape index (κ3) is 4.06. The van der Waals surface area contributed by atoms with Crippen molar-refractivity contribution in [1.82, 2.24) is 14.6 Å². The Bertz CT molecular complexity index is 1080. The van der Waals surface area contributed by atoms with Crippen LogP contribution in [0.1, 0.15) is 0 Å². The van der Waals surface area contributed by atoms with Gasteiger partial charge >= 0.3 is 17.1 Å². The molecule has 0 aliphatic rings. The maximum Gasteiger partial charge on any atom is 2.00 e. The third-order valence-electron chi connectivity index (χ3n) is 4.32. The number of ether oxygens (including phenoxy) is 1. The fourth-order valence-electron chi connectivity index (χ4n) is 2.95. The molecule has 0 saturated carbocycles. The monoisotopic (exact) mass is 409 g/mol. The van der Waals surface area contributed by atoms with Crippen molar-refractivity contribution in [2.24, 2.45) is 0 Å². The average molecular weight is 409 g/mol. The Kier molecular flexibility index (Phi) is 6.43. The van der Waals surface area contributed by atoms with Crippen molar-refractivity contribution >= 4 is 5.65 Å². The van der Waals surface area contributed by atoms with Crippen LogP contribution in [0.15, 0.2) is 97.3 Å². The van der Waals surface area contributed by atoms with Gasteiger partial charge in [0.2, 0.25) is 0 Å². The van der Waals surface area contributed by atoms with Crippen LogP contribution >= 0.6 is 0 Å². The van der Waals surface area contributed by atoms with Gasteiger partial charge in [-0.05, 0) is 29.6 Å². The summed E-state index contributed by atoms with van der Waals surface area (Å²) in [6.45, 7) is 0. The van der Waals surface area contributed by atoms with Crippen molar-refractivity contribution in [3.05, 3.63) is 97.3 Å². The van der Waals surface area contributed by atoms with Crippen LogP contribution in [0.5, 0.6) is 5.75 Å². The average Bonchev–Trinajstić information content (AvgIpc) is 3.51. The predicted octanol–water partition coefficient (Wildman–Crippen LogP) is 5.19. The molecule has 0 radical (unpaired) electrons. The van der Waals surface area contributed by atoms with Gasteiger partial charge < -0.3 is 4.74 Å². The Balaban J connectivity index is 0.000000329. The molecule has 5 rings (SSSR count). The van der Waals surface area contributed by atoms with E-state index < -0.39 is 0 Å². The van der Waals surface area contributed by atoms with Crippen LogP contribution in [-0.4, -0.2) is 21.7 Å². The molecule has 0 fully saturated rings. The number of benzene rings is 1. The number of hydrogen-bond acceptors (Lipinski definition) is 3. The number of fused-ring (bicyclic) bond motifs is 1. The maximum absolute atomic E-state index is 5.21. The van der Waals surface area contributed by atoms with E-state index in [1.54, 1.807) is 7.11 Å². The molecule has 0 aliphatic carbocycles. The number of methoxy groups -OCH3 is 1. The second-order valence-electron chi connectivity index (χ2n) is 5.99. The van der Waals surface area contributed by atoms with Crippen molar-refractivity contribution in [2.45, 2.75) is 0 Å². The van der Waals surface area contributed by atoms with Crippen LogP contribution < -0.4 is 4.74 Å². The first-order chi connectivity index (χ1) is 13.4. The van der Waals surface area contributed by atoms with E-state index in [4.69, 9.17) is 4.74 Å². The standard InChI is InChI=1S/C18H14N3O.C5H5.Fe/c1-22-15-8-6-13(7-9-15)16-12-20-21-17(10-11-19-18(16)21)14-4-2-3-5-14;1-2-4-5-3-1;/h2-12H,1H3;1-5H;/q2*-1;+2. The van der Waals surface area contributed by atoms with Crippen LogP contribution in [0.3, 0.4) is 0 Å². The number of rotatable bonds is 3. The van der Waals surface area contributed by atoms with Crippen LogP contribution in [-0.2, 0) is 17.1 Å². The molecule has 0 N–H and O–H groups in total. The summed E-state index contributed by atoms with van der Waals surface area (Å²) in [5.74, 6) is 0.839. The molecule has 2 heterocycles. The molecule has 0 amide bonds. The van der Waals surface area contributed by atoms with E-state index in [-0.39, 0.29) is 17.1 Å². The zero-order valence-electron chi connectivity index (χ0n) is 15.3. The van der Waals surface area contributed by atoms with Crippen LogP contribution in [0.2, 0.25) is 0 Å². The van der Waals surface area contributed by atoms with Gasteiger partial charge in [0.05, 0.1) is 13.3 Å². The molecule has 0 saturated heterocycles. The van der Waals surface area contributed by atoms with Gasteiger partial charge in [0.1, 0.15) is 5.75 Å². The van der Waals surface area contributed by atoms with E-state index in [1.165, 1.54) is 0 Å². The van der Waals surface area contributed by atoms with Gasteiger partial charge in [-0.3, -0.25) is 0 Å². The molecule has 0 aliphatic heterocycles. The minimum absolute atomic E-state index is 0. The minimum atomic E-state index is 0. The fraction of sp³-hybridized carbons (Fsp3) is 0.0435. The first kappa shape index (κ1) is 19.6. The summed E-state index contributed by atoms with van der Waals surface area (Å²) in [4.78, 5) is 4.50. The van der Waals surface area contributed by atoms with Crippen molar-refractivity contribution in [1.29, 1.82) is 0 Å². The summed E-state index contributed by atoms with van der Waals surface area (Å²) in [5, 5.41) is 4.52. The second-order valence-corrected chi connectivity index (χ2v) is 5.99. The molecule has 4 nitrogen and oxygen atoms in total. The molecular formula is C23H19FeN3O. The van der Waals surface area contributed by atoms with Gasteiger partial charge in [0.25, 0.3) is 0 Å². The Labute approximate surface area is 174 Å². The normalized spacial score (nSPS) is 10.0. The fourth-order valence-corrected chi connectivity index (χ4v) is 2.95. The van der Waals surface area contributed by atoms with Gasteiger partial charge in [-0.15, -0.1) is 12.1 Å². The SMILES string of the molecule is COc1ccc(-c2cnn3c(-[c-]4cccc4)ccnc23)cc1.[Fe+2].c1cc[cH-]c1. The molecule has 5 aromatic rings. The number of nitrogens with zero attached hydrogens (tertiary/aromatic N) is 3. The molecular weight excluding hydrogens is 390 g/mol. The third-order valence-corrected chi connectivity index (χ3v) is 4.32. The Hall–Kier alpha value is -3.14. The summed E-state index contributed by atoms with van der Waals surface area (Å²) in [6.07, 6.45) is 3.68. The maximum atomic E-state index is 5.21. The van der Waals surface area contributed by atoms with Crippen LogP contribution in [0.25, 0.3) is 28.0 Å². The summed E-state index contributed by atoms with van der Waals surface area (Å²) >= 11 is 0. The van der Waals surface area contributed by atoms with Gasteiger partial charge in [-0.2, -0.15) is 35.4 Å². The van der Waals surface area contributed by atoms with Gasteiger partial charge in [0.15, 0.2) is 5.65 Å². The molecule has 0 unspecified atom stereocenters. The molecule has 28 heavy (non-hydrogen) atoms. The Morgan fingerprint density at radius 3 is 2.29 bits per heavy atom. The largest absolute Gasteiger partial charge is 2.00 e. The van der Waals surface area contributed by atoms with Crippen LogP contribution in [0, 0.1) is 0 Å². The Morgan fingerprint density at radius 2 is 1.68 bits per heavy atom. The molecule has 140 valence electrons. The van der Waals surface area contributed by atoms with E-state index in [0.717, 1.165) is 33.8 Å². The van der Waals surface area contributed by atoms with Crippen molar-refractivity contribution in [3.63, 3.8) is 0 Å². The quantitative estimate of drug-likeness (QED) is 0.304. The molecule has 0 atom stereocenters. The molecule has 0 spiro atoms. The minimum Gasteiger partial charge on any atom is -0.497 e. The van der Waals surface area contributed by atoms with Gasteiger partial charge in [-0.1, -0.05) is 23.8 Å². The van der Waals surface area contributed by atoms with Crippen LogP contribution in [0.4, 0.5) is 0 Å². The smallest absolute Gasteiger partial charge is 0.497 e. The van der Waals surface area contributed by atoms with E-state index in [1.807, 2.05) is 89.7 Å². The number of hydrogen-bond donors (Lipinski definition) is 0. The second kappa shape index (κ2) is 9.18. The zero-order chi connectivity index (χ0) is 18.5. The van der Waals surface area contributed by atoms with E-state index in [2.05, 4.69) is 22.2 Å². The molecule has 5 heteroatoms. The number of aromatic nitrogens is 3. The van der Waals surface area contributed by atoms with Gasteiger partial charge in [0, 0.05) is 5.56 Å². The molecule has 0 bridgehead atoms. The summed E-state index contributed by atoms with van der Waals surface area (Å²) in [6, 6.07) is 28.1. The first-order valence-electron chi connectivity index (χ1n) is 8.73. The topological polar surface area (TPSA) is 39.4 Å². The van der Waals surface area contributed by atoms with Crippen molar-refractivity contribution in [2.75, 3.05) is 7.11 Å². The molecule has 2 aromatic heterocycles. The Morgan fingerprint density at radius 1 is 0.964 bits per heavy atom.